The predicted octanol–water partition coefficient (Wildman–Crippen LogP) is -2.43. The quantitative estimate of drug-likeness (QED) is 0.278. The summed E-state index contributed by atoms with van der Waals surface area (Å²) >= 11 is 0. The Morgan fingerprint density at radius 3 is 1.09 bits per heavy atom. The van der Waals surface area contributed by atoms with Crippen LogP contribution >= 0.6 is 0 Å². The van der Waals surface area contributed by atoms with E-state index in [0.29, 0.717) is 0 Å². The Kier molecular flexibility index (Phi) is 8.94. The molecule has 3 aliphatic rings. The number of nitrogens with zero attached hydrogens (tertiary/aromatic N) is 2. The summed E-state index contributed by atoms with van der Waals surface area (Å²) in [4.78, 5) is 0. The first-order valence-corrected chi connectivity index (χ1v) is 9.46. The first-order chi connectivity index (χ1) is 9.75. The van der Waals surface area contributed by atoms with Gasteiger partial charge in [-0.3, -0.25) is 0 Å². The monoisotopic (exact) mass is 534 g/mol. The molecule has 1 aliphatic carbocycles. The third-order valence-corrected chi connectivity index (χ3v) is 7.39. The van der Waals surface area contributed by atoms with Gasteiger partial charge in [0.05, 0.1) is 51.4 Å². The fraction of sp³-hybridized carbons (Fsp3) is 1.00. The minimum atomic E-state index is 0. The number of likely N-dealkylation sites (tertiary alicyclic amines) is 2. The maximum atomic E-state index is 2.44. The molecule has 0 radical (unpaired) electrons. The minimum Gasteiger partial charge on any atom is -1.00 e. The Labute approximate surface area is 172 Å². The van der Waals surface area contributed by atoms with Crippen LogP contribution in [0.25, 0.3) is 0 Å². The molecule has 0 unspecified atom stereocenters. The molecule has 0 aromatic rings. The van der Waals surface area contributed by atoms with Crippen LogP contribution in [0.1, 0.15) is 65.2 Å². The first-order valence-electron chi connectivity index (χ1n) is 9.46. The van der Waals surface area contributed by atoms with Crippen molar-refractivity contribution in [3.8, 4) is 0 Å². The lowest BCUT2D eigenvalue weighted by Gasteiger charge is -2.48. The van der Waals surface area contributed by atoms with E-state index in [1.54, 1.807) is 0 Å². The molecule has 4 heteroatoms. The number of rotatable bonds is 4. The molecule has 0 bridgehead atoms. The Bertz CT molecular complexity index is 283. The number of hydrogen-bond donors (Lipinski definition) is 0. The molecule has 22 heavy (non-hydrogen) atoms. The van der Waals surface area contributed by atoms with Crippen molar-refractivity contribution in [1.29, 1.82) is 0 Å². The molecule has 3 rings (SSSR count). The predicted molar refractivity (Wildman–Crippen MR) is 85.6 cm³/mol. The van der Waals surface area contributed by atoms with E-state index >= 15 is 0 Å². The van der Waals surface area contributed by atoms with Gasteiger partial charge in [-0.25, -0.2) is 0 Å². The second-order valence-corrected chi connectivity index (χ2v) is 7.84. The molecular formula is C18H36I2N2. The van der Waals surface area contributed by atoms with E-state index in [2.05, 4.69) is 13.8 Å². The highest BCUT2D eigenvalue weighted by atomic mass is 127. The molecule has 2 saturated heterocycles. The van der Waals surface area contributed by atoms with Gasteiger partial charge in [-0.05, 0) is 13.8 Å². The smallest absolute Gasteiger partial charge is 0.0894 e. The van der Waals surface area contributed by atoms with E-state index in [1.165, 1.54) is 99.6 Å². The Hall–Kier alpha value is 1.38. The van der Waals surface area contributed by atoms with Crippen molar-refractivity contribution in [1.82, 2.24) is 0 Å². The summed E-state index contributed by atoms with van der Waals surface area (Å²) in [5.41, 5.74) is 0. The molecule has 2 heterocycles. The topological polar surface area (TPSA) is 0 Å². The molecule has 132 valence electrons. The van der Waals surface area contributed by atoms with Crippen LogP contribution in [-0.4, -0.2) is 60.3 Å². The summed E-state index contributed by atoms with van der Waals surface area (Å²) < 4.78 is 2.97. The van der Waals surface area contributed by atoms with Crippen LogP contribution in [0, 0.1) is 0 Å². The van der Waals surface area contributed by atoms with E-state index in [1.807, 2.05) is 0 Å². The number of quaternary nitrogens is 2. The van der Waals surface area contributed by atoms with Crippen molar-refractivity contribution in [2.24, 2.45) is 0 Å². The van der Waals surface area contributed by atoms with Gasteiger partial charge in [0.1, 0.15) is 0 Å². The van der Waals surface area contributed by atoms with Crippen LogP contribution in [0.3, 0.4) is 0 Å². The van der Waals surface area contributed by atoms with Crippen LogP contribution in [0.2, 0.25) is 0 Å². The standard InChI is InChI=1S/C18H36N2.2HI/c1-3-19(13-5-6-14-19)17-9-11-18(12-10-17)20(4-2)15-7-8-16-20;;/h17-18H,3-16H2,1-2H3;2*1H/q+2;;/p-2/t17-,18-;;. The van der Waals surface area contributed by atoms with Gasteiger partial charge in [-0.1, -0.05) is 0 Å². The summed E-state index contributed by atoms with van der Waals surface area (Å²) in [7, 11) is 0. The van der Waals surface area contributed by atoms with Crippen molar-refractivity contribution in [3.63, 3.8) is 0 Å². The molecule has 0 aromatic heterocycles. The SMILES string of the molecule is CC[N+]1([C@H]2CC[C@H]([N+]3(CC)CCCC3)CC2)CCCC1.[I-].[I-]. The van der Waals surface area contributed by atoms with Gasteiger partial charge in [-0.2, -0.15) is 0 Å². The molecular weight excluding hydrogens is 498 g/mol. The highest BCUT2D eigenvalue weighted by molar-refractivity contribution is 4.78. The fourth-order valence-corrected chi connectivity index (χ4v) is 5.96. The Morgan fingerprint density at radius 1 is 0.591 bits per heavy atom. The molecule has 2 nitrogen and oxygen atoms in total. The lowest BCUT2D eigenvalue weighted by atomic mass is 9.86. The summed E-state index contributed by atoms with van der Waals surface area (Å²) in [6.07, 6.45) is 12.1. The van der Waals surface area contributed by atoms with E-state index < -0.39 is 0 Å². The third-order valence-electron chi connectivity index (χ3n) is 7.39. The fourth-order valence-electron chi connectivity index (χ4n) is 5.96. The van der Waals surface area contributed by atoms with Gasteiger partial charge in [0.2, 0.25) is 0 Å². The van der Waals surface area contributed by atoms with E-state index in [9.17, 15) is 0 Å². The lowest BCUT2D eigenvalue weighted by molar-refractivity contribution is -0.954. The van der Waals surface area contributed by atoms with Crippen LogP contribution in [0.5, 0.6) is 0 Å². The van der Waals surface area contributed by atoms with Gasteiger partial charge >= 0.3 is 0 Å². The zero-order valence-corrected chi connectivity index (χ0v) is 19.0. The van der Waals surface area contributed by atoms with Gasteiger partial charge < -0.3 is 56.9 Å². The number of hydrogen-bond acceptors (Lipinski definition) is 0. The van der Waals surface area contributed by atoms with E-state index in [0.717, 1.165) is 12.1 Å². The van der Waals surface area contributed by atoms with Crippen LogP contribution in [0.4, 0.5) is 0 Å². The molecule has 0 amide bonds. The molecule has 2 aliphatic heterocycles. The molecule has 0 spiro atoms. The summed E-state index contributed by atoms with van der Waals surface area (Å²) in [5, 5.41) is 0. The Balaban J connectivity index is 0.00000121. The summed E-state index contributed by atoms with van der Waals surface area (Å²) in [6.45, 7) is 13.6. The first kappa shape index (κ1) is 21.4. The third kappa shape index (κ3) is 3.96. The zero-order valence-electron chi connectivity index (χ0n) is 14.7. The molecule has 1 saturated carbocycles. The minimum absolute atomic E-state index is 0. The molecule has 0 atom stereocenters. The summed E-state index contributed by atoms with van der Waals surface area (Å²) in [6, 6.07) is 2.02. The lowest BCUT2D eigenvalue weighted by Crippen LogP contribution is -3.00. The van der Waals surface area contributed by atoms with Crippen LogP contribution < -0.4 is 48.0 Å². The largest absolute Gasteiger partial charge is 1.00 e. The number of halogens is 2. The maximum absolute atomic E-state index is 2.44. The second kappa shape index (κ2) is 9.18. The van der Waals surface area contributed by atoms with Crippen molar-refractivity contribution in [3.05, 3.63) is 0 Å². The van der Waals surface area contributed by atoms with Crippen LogP contribution in [0.15, 0.2) is 0 Å². The molecule has 0 aromatic carbocycles. The van der Waals surface area contributed by atoms with Crippen molar-refractivity contribution >= 4 is 0 Å². The van der Waals surface area contributed by atoms with Gasteiger partial charge in [-0.15, -0.1) is 0 Å². The maximum Gasteiger partial charge on any atom is 0.0894 e. The molecule has 0 N–H and O–H groups in total. The normalized spacial score (nSPS) is 33.0. The van der Waals surface area contributed by atoms with Crippen molar-refractivity contribution < 1.29 is 56.9 Å². The van der Waals surface area contributed by atoms with Crippen LogP contribution in [-0.2, 0) is 0 Å². The van der Waals surface area contributed by atoms with E-state index in [4.69, 9.17) is 0 Å². The molecule has 3 fully saturated rings. The summed E-state index contributed by atoms with van der Waals surface area (Å²) in [5.74, 6) is 0. The van der Waals surface area contributed by atoms with Crippen molar-refractivity contribution in [2.75, 3.05) is 39.3 Å². The average Bonchev–Trinajstić information content (AvgIpc) is 3.18. The van der Waals surface area contributed by atoms with E-state index in [-0.39, 0.29) is 48.0 Å². The van der Waals surface area contributed by atoms with Gasteiger partial charge in [0.25, 0.3) is 0 Å². The zero-order chi connectivity index (χ0) is 14.1. The second-order valence-electron chi connectivity index (χ2n) is 7.84. The highest BCUT2D eigenvalue weighted by Crippen LogP contribution is 2.38. The van der Waals surface area contributed by atoms with Gasteiger partial charge in [0.15, 0.2) is 0 Å². The Morgan fingerprint density at radius 2 is 0.864 bits per heavy atom. The highest BCUT2D eigenvalue weighted by Gasteiger charge is 2.45. The van der Waals surface area contributed by atoms with Gasteiger partial charge in [0, 0.05) is 51.4 Å². The average molecular weight is 534 g/mol. The van der Waals surface area contributed by atoms with Crippen molar-refractivity contribution in [2.45, 2.75) is 77.3 Å².